The zero-order valence-electron chi connectivity index (χ0n) is 13.7. The fourth-order valence-electron chi connectivity index (χ4n) is 2.60. The maximum Gasteiger partial charge on any atom is 0.0516 e. The summed E-state index contributed by atoms with van der Waals surface area (Å²) >= 11 is 1.71. The second-order valence-electron chi connectivity index (χ2n) is 6.05. The van der Waals surface area contributed by atoms with Gasteiger partial charge in [0.2, 0.25) is 0 Å². The van der Waals surface area contributed by atoms with Crippen molar-refractivity contribution in [3.8, 4) is 0 Å². The van der Waals surface area contributed by atoms with Gasteiger partial charge < -0.3 is 5.32 Å². The lowest BCUT2D eigenvalue weighted by Gasteiger charge is -2.34. The van der Waals surface area contributed by atoms with Crippen LogP contribution in [0.2, 0.25) is 0 Å². The molecule has 112 valence electrons. The quantitative estimate of drug-likeness (QED) is 0.729. The van der Waals surface area contributed by atoms with Gasteiger partial charge in [0.15, 0.2) is 0 Å². The third-order valence-electron chi connectivity index (χ3n) is 4.20. The number of rotatable bonds is 3. The van der Waals surface area contributed by atoms with Crippen molar-refractivity contribution in [1.82, 2.24) is 5.32 Å². The fraction of sp³-hybridized carbons (Fsp3) is 0.368. The summed E-state index contributed by atoms with van der Waals surface area (Å²) in [6.45, 7) is 18.9. The van der Waals surface area contributed by atoms with E-state index in [0.717, 1.165) is 10.5 Å². The minimum Gasteiger partial charge on any atom is -0.381 e. The summed E-state index contributed by atoms with van der Waals surface area (Å²) < 4.78 is 0. The molecule has 0 bridgehead atoms. The van der Waals surface area contributed by atoms with E-state index in [0.29, 0.717) is 12.0 Å². The highest BCUT2D eigenvalue weighted by atomic mass is 32.2. The van der Waals surface area contributed by atoms with Crippen molar-refractivity contribution < 1.29 is 0 Å². The first kappa shape index (κ1) is 16.0. The van der Waals surface area contributed by atoms with E-state index in [4.69, 9.17) is 0 Å². The van der Waals surface area contributed by atoms with Crippen LogP contribution in [0.4, 0.5) is 0 Å². The molecular weight excluding hydrogens is 274 g/mol. The van der Waals surface area contributed by atoms with Gasteiger partial charge >= 0.3 is 0 Å². The van der Waals surface area contributed by atoms with Crippen LogP contribution in [0.1, 0.15) is 50.3 Å². The number of allylic oxidation sites excluding steroid dienone is 2. The summed E-state index contributed by atoms with van der Waals surface area (Å²) in [7, 11) is 0. The Hall–Kier alpha value is -1.41. The molecule has 0 radical (unpaired) electrons. The normalized spacial score (nSPS) is 23.1. The smallest absolute Gasteiger partial charge is 0.0516 e. The summed E-state index contributed by atoms with van der Waals surface area (Å²) in [5.41, 5.74) is 6.34. The minimum atomic E-state index is 0.434. The predicted octanol–water partition coefficient (Wildman–Crippen LogP) is 5.60. The Kier molecular flexibility index (Phi) is 4.67. The van der Waals surface area contributed by atoms with Gasteiger partial charge in [0, 0.05) is 27.3 Å². The van der Waals surface area contributed by atoms with Crippen molar-refractivity contribution in [2.24, 2.45) is 0 Å². The number of hydrogen-bond donors (Lipinski definition) is 1. The molecule has 0 spiro atoms. The van der Waals surface area contributed by atoms with Crippen LogP contribution in [0.25, 0.3) is 5.70 Å². The molecule has 2 heteroatoms. The lowest BCUT2D eigenvalue weighted by atomic mass is 9.84. The molecule has 1 aliphatic rings. The molecule has 1 aliphatic heterocycles. The Bertz CT molecular complexity index is 624. The van der Waals surface area contributed by atoms with E-state index in [2.05, 4.69) is 64.4 Å². The van der Waals surface area contributed by atoms with Crippen LogP contribution >= 0.6 is 11.8 Å². The summed E-state index contributed by atoms with van der Waals surface area (Å²) in [4.78, 5) is 2.29. The van der Waals surface area contributed by atoms with Crippen molar-refractivity contribution >= 4 is 17.5 Å². The molecular formula is C19H25NS. The van der Waals surface area contributed by atoms with Crippen molar-refractivity contribution in [2.75, 3.05) is 0 Å². The predicted molar refractivity (Wildman–Crippen MR) is 96.3 cm³/mol. The summed E-state index contributed by atoms with van der Waals surface area (Å²) in [5, 5.41) is 3.68. The summed E-state index contributed by atoms with van der Waals surface area (Å²) in [5.74, 6) is 0.520. The van der Waals surface area contributed by atoms with Gasteiger partial charge in [-0.25, -0.2) is 0 Å². The van der Waals surface area contributed by atoms with Gasteiger partial charge in [0.05, 0.1) is 5.70 Å². The first-order chi connectivity index (χ1) is 9.81. The third-order valence-corrected chi connectivity index (χ3v) is 5.30. The second kappa shape index (κ2) is 6.15. The molecule has 21 heavy (non-hydrogen) atoms. The van der Waals surface area contributed by atoms with E-state index in [-0.39, 0.29) is 0 Å². The van der Waals surface area contributed by atoms with Gasteiger partial charge in [-0.2, -0.15) is 0 Å². The Morgan fingerprint density at radius 3 is 2.48 bits per heavy atom. The summed E-state index contributed by atoms with van der Waals surface area (Å²) in [6.07, 6.45) is 0. The van der Waals surface area contributed by atoms with Crippen LogP contribution in [0.3, 0.4) is 0 Å². The number of fused-ring (bicyclic) bond motifs is 1. The highest BCUT2D eigenvalue weighted by Gasteiger charge is 2.26. The highest BCUT2D eigenvalue weighted by molar-refractivity contribution is 8.07. The van der Waals surface area contributed by atoms with Crippen LogP contribution in [0.5, 0.6) is 0 Å². The average molecular weight is 299 g/mol. The lowest BCUT2D eigenvalue weighted by molar-refractivity contribution is 0.533. The average Bonchev–Trinajstić information content (AvgIpc) is 2.42. The number of aryl methyl sites for hydroxylation is 1. The van der Waals surface area contributed by atoms with E-state index in [9.17, 15) is 0 Å². The van der Waals surface area contributed by atoms with E-state index in [1.54, 1.807) is 11.8 Å². The van der Waals surface area contributed by atoms with Crippen LogP contribution < -0.4 is 5.32 Å². The van der Waals surface area contributed by atoms with Crippen LogP contribution in [-0.4, -0.2) is 6.04 Å². The molecule has 0 aliphatic carbocycles. The zero-order valence-corrected chi connectivity index (χ0v) is 14.5. The maximum absolute atomic E-state index is 4.10. The molecule has 1 heterocycles. The Morgan fingerprint density at radius 1 is 1.19 bits per heavy atom. The summed E-state index contributed by atoms with van der Waals surface area (Å²) in [6, 6.07) is 7.20. The molecule has 0 saturated heterocycles. The minimum absolute atomic E-state index is 0.434. The molecule has 0 aromatic heterocycles. The molecule has 0 fully saturated rings. The molecule has 2 unspecified atom stereocenters. The number of nitrogens with one attached hydrogen (secondary N) is 1. The standard InChI is InChI=1S/C19H25NS/c1-11(2)15(6)21-16(7)19-18-10-12(3)8-9-17(18)13(4)14(5)20-19/h8-10,13-14,20H,1,6H2,2-5,7H3/b19-16+. The third kappa shape index (κ3) is 3.26. The van der Waals surface area contributed by atoms with Gasteiger partial charge in [-0.15, -0.1) is 0 Å². The fourth-order valence-corrected chi connectivity index (χ4v) is 3.41. The van der Waals surface area contributed by atoms with Gasteiger partial charge in [-0.1, -0.05) is 49.5 Å². The van der Waals surface area contributed by atoms with Crippen molar-refractivity contribution in [2.45, 2.75) is 46.6 Å². The number of thioether (sulfide) groups is 1. The van der Waals surface area contributed by atoms with Gasteiger partial charge in [-0.05, 0) is 44.9 Å². The first-order valence-electron chi connectivity index (χ1n) is 7.42. The van der Waals surface area contributed by atoms with E-state index in [1.165, 1.54) is 27.3 Å². The van der Waals surface area contributed by atoms with Crippen molar-refractivity contribution in [3.63, 3.8) is 0 Å². The lowest BCUT2D eigenvalue weighted by Crippen LogP contribution is -2.35. The van der Waals surface area contributed by atoms with E-state index >= 15 is 0 Å². The SMILES string of the molecule is C=C(C)C(=C)S/C(C)=C1/NC(C)C(C)c2ccc(C)cc21. The highest BCUT2D eigenvalue weighted by Crippen LogP contribution is 2.39. The van der Waals surface area contributed by atoms with Crippen molar-refractivity contribution in [3.05, 3.63) is 63.4 Å². The van der Waals surface area contributed by atoms with Gasteiger partial charge in [0.25, 0.3) is 0 Å². The zero-order chi connectivity index (χ0) is 15.7. The van der Waals surface area contributed by atoms with Gasteiger partial charge in [0.1, 0.15) is 0 Å². The Morgan fingerprint density at radius 2 is 1.86 bits per heavy atom. The molecule has 0 amide bonds. The largest absolute Gasteiger partial charge is 0.381 e. The molecule has 1 N–H and O–H groups in total. The molecule has 2 atom stereocenters. The second-order valence-corrected chi connectivity index (χ2v) is 7.36. The number of benzene rings is 1. The molecule has 2 rings (SSSR count). The monoisotopic (exact) mass is 299 g/mol. The Balaban J connectivity index is 2.50. The van der Waals surface area contributed by atoms with Gasteiger partial charge in [-0.3, -0.25) is 0 Å². The van der Waals surface area contributed by atoms with Crippen molar-refractivity contribution in [1.29, 1.82) is 0 Å². The maximum atomic E-state index is 4.10. The molecule has 1 nitrogen and oxygen atoms in total. The molecule has 1 aromatic rings. The van der Waals surface area contributed by atoms with Crippen LogP contribution in [0, 0.1) is 6.92 Å². The van der Waals surface area contributed by atoms with Crippen LogP contribution in [0.15, 0.2) is 46.7 Å². The number of hydrogen-bond acceptors (Lipinski definition) is 2. The van der Waals surface area contributed by atoms with E-state index in [1.807, 2.05) is 6.92 Å². The molecule has 0 saturated carbocycles. The first-order valence-corrected chi connectivity index (χ1v) is 8.24. The molecule has 1 aromatic carbocycles. The van der Waals surface area contributed by atoms with E-state index < -0.39 is 0 Å². The van der Waals surface area contributed by atoms with Crippen LogP contribution in [-0.2, 0) is 0 Å². The Labute approximate surface area is 133 Å². The topological polar surface area (TPSA) is 12.0 Å².